The van der Waals surface area contributed by atoms with Crippen molar-refractivity contribution >= 4 is 11.0 Å². The molecule has 0 saturated carbocycles. The summed E-state index contributed by atoms with van der Waals surface area (Å²) in [5, 5.41) is 8.76. The van der Waals surface area contributed by atoms with Crippen LogP contribution in [-0.4, -0.2) is 20.8 Å². The van der Waals surface area contributed by atoms with E-state index in [1.54, 1.807) is 4.57 Å². The van der Waals surface area contributed by atoms with Gasteiger partial charge in [0.05, 0.1) is 11.0 Å². The van der Waals surface area contributed by atoms with Crippen LogP contribution in [0.1, 0.15) is 26.2 Å². The zero-order chi connectivity index (χ0) is 13.0. The van der Waals surface area contributed by atoms with E-state index in [9.17, 15) is 4.79 Å². The molecule has 1 aromatic heterocycles. The van der Waals surface area contributed by atoms with Gasteiger partial charge in [0, 0.05) is 19.7 Å². The molecular formula is C14H20N2O2. The number of aryl methyl sites for hydroxylation is 2. The second kappa shape index (κ2) is 5.87. The lowest BCUT2D eigenvalue weighted by Crippen LogP contribution is -2.23. The monoisotopic (exact) mass is 248 g/mol. The first-order chi connectivity index (χ1) is 8.79. The van der Waals surface area contributed by atoms with E-state index in [1.165, 1.54) is 0 Å². The summed E-state index contributed by atoms with van der Waals surface area (Å²) in [6.45, 7) is 3.64. The van der Waals surface area contributed by atoms with E-state index in [-0.39, 0.29) is 12.3 Å². The molecule has 98 valence electrons. The minimum absolute atomic E-state index is 0.0719. The highest BCUT2D eigenvalue weighted by Crippen LogP contribution is 2.13. The zero-order valence-electron chi connectivity index (χ0n) is 10.8. The lowest BCUT2D eigenvalue weighted by atomic mass is 10.2. The van der Waals surface area contributed by atoms with Gasteiger partial charge in [0.2, 0.25) is 0 Å². The van der Waals surface area contributed by atoms with Crippen molar-refractivity contribution in [2.75, 3.05) is 6.61 Å². The smallest absolute Gasteiger partial charge is 0.329 e. The molecule has 0 bridgehead atoms. The van der Waals surface area contributed by atoms with Gasteiger partial charge in [-0.25, -0.2) is 4.79 Å². The van der Waals surface area contributed by atoms with Crippen molar-refractivity contribution in [3.05, 3.63) is 34.7 Å². The Hall–Kier alpha value is -1.55. The van der Waals surface area contributed by atoms with Crippen LogP contribution in [0.5, 0.6) is 0 Å². The van der Waals surface area contributed by atoms with Crippen molar-refractivity contribution in [1.82, 2.24) is 9.13 Å². The molecule has 2 rings (SSSR count). The molecule has 1 heterocycles. The van der Waals surface area contributed by atoms with Gasteiger partial charge in [-0.3, -0.25) is 9.13 Å². The SMILES string of the molecule is CCn1c(=O)n(CCCCCO)c2ccccc21. The summed E-state index contributed by atoms with van der Waals surface area (Å²) in [5.41, 5.74) is 2.09. The van der Waals surface area contributed by atoms with E-state index < -0.39 is 0 Å². The van der Waals surface area contributed by atoms with Gasteiger partial charge in [-0.15, -0.1) is 0 Å². The highest BCUT2D eigenvalue weighted by atomic mass is 16.2. The standard InChI is InChI=1S/C14H20N2O2/c1-2-15-12-8-4-5-9-13(12)16(14(15)18)10-6-3-7-11-17/h4-5,8-9,17H,2-3,6-7,10-11H2,1H3. The van der Waals surface area contributed by atoms with Crippen LogP contribution < -0.4 is 5.69 Å². The minimum Gasteiger partial charge on any atom is -0.396 e. The van der Waals surface area contributed by atoms with Crippen molar-refractivity contribution in [2.45, 2.75) is 39.3 Å². The first kappa shape index (κ1) is 12.9. The molecular weight excluding hydrogens is 228 g/mol. The normalized spacial score (nSPS) is 11.2. The van der Waals surface area contributed by atoms with Crippen LogP contribution >= 0.6 is 0 Å². The third-order valence-corrected chi connectivity index (χ3v) is 3.28. The average molecular weight is 248 g/mol. The number of imidazole rings is 1. The maximum absolute atomic E-state index is 12.3. The summed E-state index contributed by atoms with van der Waals surface area (Å²) < 4.78 is 3.65. The second-order valence-electron chi connectivity index (χ2n) is 4.45. The van der Waals surface area contributed by atoms with Crippen LogP contribution in [0.4, 0.5) is 0 Å². The summed E-state index contributed by atoms with van der Waals surface area (Å²) in [5.74, 6) is 0. The molecule has 18 heavy (non-hydrogen) atoms. The molecule has 0 radical (unpaired) electrons. The number of nitrogens with zero attached hydrogens (tertiary/aromatic N) is 2. The fraction of sp³-hybridized carbons (Fsp3) is 0.500. The molecule has 1 N–H and O–H groups in total. The molecule has 0 amide bonds. The third-order valence-electron chi connectivity index (χ3n) is 3.28. The van der Waals surface area contributed by atoms with E-state index in [4.69, 9.17) is 5.11 Å². The number of aromatic nitrogens is 2. The van der Waals surface area contributed by atoms with Gasteiger partial charge in [-0.05, 0) is 38.3 Å². The average Bonchev–Trinajstić information content (AvgIpc) is 2.67. The Morgan fingerprint density at radius 3 is 2.33 bits per heavy atom. The zero-order valence-corrected chi connectivity index (χ0v) is 10.8. The maximum Gasteiger partial charge on any atom is 0.329 e. The van der Waals surface area contributed by atoms with Gasteiger partial charge < -0.3 is 5.11 Å². The highest BCUT2D eigenvalue weighted by Gasteiger charge is 2.10. The lowest BCUT2D eigenvalue weighted by molar-refractivity contribution is 0.282. The third kappa shape index (κ3) is 2.34. The number of hydrogen-bond acceptors (Lipinski definition) is 2. The van der Waals surface area contributed by atoms with E-state index in [0.717, 1.165) is 36.8 Å². The summed E-state index contributed by atoms with van der Waals surface area (Å²) in [7, 11) is 0. The highest BCUT2D eigenvalue weighted by molar-refractivity contribution is 5.75. The van der Waals surface area contributed by atoms with Gasteiger partial charge in [-0.1, -0.05) is 12.1 Å². The number of rotatable bonds is 6. The maximum atomic E-state index is 12.3. The van der Waals surface area contributed by atoms with Gasteiger partial charge in [-0.2, -0.15) is 0 Å². The van der Waals surface area contributed by atoms with Crippen molar-refractivity contribution in [1.29, 1.82) is 0 Å². The largest absolute Gasteiger partial charge is 0.396 e. The number of fused-ring (bicyclic) bond motifs is 1. The Balaban J connectivity index is 2.32. The van der Waals surface area contributed by atoms with Gasteiger partial charge in [0.1, 0.15) is 0 Å². The molecule has 0 aliphatic heterocycles. The Morgan fingerprint density at radius 2 is 1.72 bits per heavy atom. The molecule has 1 aromatic carbocycles. The van der Waals surface area contributed by atoms with Gasteiger partial charge >= 0.3 is 5.69 Å². The number of benzene rings is 1. The summed E-state index contributed by atoms with van der Waals surface area (Å²) in [4.78, 5) is 12.3. The van der Waals surface area contributed by atoms with E-state index in [0.29, 0.717) is 6.54 Å². The fourth-order valence-electron chi connectivity index (χ4n) is 2.35. The molecule has 0 aliphatic rings. The summed E-state index contributed by atoms with van der Waals surface area (Å²) >= 11 is 0. The van der Waals surface area contributed by atoms with E-state index in [1.807, 2.05) is 35.8 Å². The molecule has 0 fully saturated rings. The number of unbranched alkanes of at least 4 members (excludes halogenated alkanes) is 2. The molecule has 2 aromatic rings. The second-order valence-corrected chi connectivity index (χ2v) is 4.45. The quantitative estimate of drug-likeness (QED) is 0.795. The Morgan fingerprint density at radius 1 is 1.06 bits per heavy atom. The molecule has 0 atom stereocenters. The molecule has 0 aliphatic carbocycles. The molecule has 4 nitrogen and oxygen atoms in total. The topological polar surface area (TPSA) is 47.2 Å². The lowest BCUT2D eigenvalue weighted by Gasteiger charge is -2.02. The number of para-hydroxylation sites is 2. The van der Waals surface area contributed by atoms with Crippen LogP contribution in [0.15, 0.2) is 29.1 Å². The van der Waals surface area contributed by atoms with Crippen molar-refractivity contribution in [3.8, 4) is 0 Å². The van der Waals surface area contributed by atoms with Crippen LogP contribution in [0.2, 0.25) is 0 Å². The first-order valence-corrected chi connectivity index (χ1v) is 6.58. The number of hydrogen-bond donors (Lipinski definition) is 1. The predicted molar refractivity (Wildman–Crippen MR) is 72.8 cm³/mol. The van der Waals surface area contributed by atoms with Crippen molar-refractivity contribution in [2.24, 2.45) is 0 Å². The molecule has 4 heteroatoms. The number of aliphatic hydroxyl groups excluding tert-OH is 1. The minimum atomic E-state index is 0.0719. The Kier molecular flexibility index (Phi) is 4.20. The Labute approximate surface area is 106 Å². The summed E-state index contributed by atoms with van der Waals surface area (Å²) in [6, 6.07) is 7.91. The van der Waals surface area contributed by atoms with Crippen molar-refractivity contribution in [3.63, 3.8) is 0 Å². The molecule has 0 spiro atoms. The molecule has 0 saturated heterocycles. The van der Waals surface area contributed by atoms with E-state index in [2.05, 4.69) is 0 Å². The van der Waals surface area contributed by atoms with Gasteiger partial charge in [0.25, 0.3) is 0 Å². The number of aliphatic hydroxyl groups is 1. The fourth-order valence-corrected chi connectivity index (χ4v) is 2.35. The van der Waals surface area contributed by atoms with E-state index >= 15 is 0 Å². The molecule has 0 unspecified atom stereocenters. The van der Waals surface area contributed by atoms with Crippen LogP contribution in [-0.2, 0) is 13.1 Å². The Bertz CT molecular complexity index is 569. The van der Waals surface area contributed by atoms with Crippen LogP contribution in [0, 0.1) is 0 Å². The predicted octanol–water partition coefficient (Wildman–Crippen LogP) is 1.99. The first-order valence-electron chi connectivity index (χ1n) is 6.58. The van der Waals surface area contributed by atoms with Crippen LogP contribution in [0.25, 0.3) is 11.0 Å². The van der Waals surface area contributed by atoms with Crippen LogP contribution in [0.3, 0.4) is 0 Å². The van der Waals surface area contributed by atoms with Crippen molar-refractivity contribution < 1.29 is 5.11 Å². The van der Waals surface area contributed by atoms with Gasteiger partial charge in [0.15, 0.2) is 0 Å². The summed E-state index contributed by atoms with van der Waals surface area (Å²) in [6.07, 6.45) is 2.69.